The molecule has 0 spiro atoms. The number of carbonyl (C=O) groups is 3. The average Bonchev–Trinajstić information content (AvgIpc) is 2.99. The largest absolute Gasteiger partial charge is 0.479 e. The summed E-state index contributed by atoms with van der Waals surface area (Å²) in [6.07, 6.45) is 0. The zero-order valence-electron chi connectivity index (χ0n) is 14.7. The number of ether oxygens (including phenoxy) is 3. The molecule has 0 saturated heterocycles. The lowest BCUT2D eigenvalue weighted by Gasteiger charge is -2.07. The Balaban J connectivity index is 1.79. The van der Waals surface area contributed by atoms with E-state index in [9.17, 15) is 18.8 Å². The monoisotopic (exact) mass is 395 g/mol. The Hall–Kier alpha value is -2.94. The summed E-state index contributed by atoms with van der Waals surface area (Å²) in [5.74, 6) is -2.54. The van der Waals surface area contributed by atoms with E-state index >= 15 is 0 Å². The molecule has 0 aliphatic heterocycles. The normalized spacial score (nSPS) is 10.2. The van der Waals surface area contributed by atoms with Crippen LogP contribution in [0.25, 0.3) is 0 Å². The van der Waals surface area contributed by atoms with Gasteiger partial charge in [0.1, 0.15) is 4.88 Å². The highest BCUT2D eigenvalue weighted by molar-refractivity contribution is 7.18. The second-order valence-corrected chi connectivity index (χ2v) is 6.32. The van der Waals surface area contributed by atoms with Gasteiger partial charge in [0.05, 0.1) is 11.6 Å². The molecule has 7 nitrogen and oxygen atoms in total. The number of aryl methyl sites for hydroxylation is 1. The van der Waals surface area contributed by atoms with Crippen molar-refractivity contribution in [2.75, 3.05) is 25.1 Å². The highest BCUT2D eigenvalue weighted by Crippen LogP contribution is 2.27. The van der Waals surface area contributed by atoms with Crippen LogP contribution < -0.4 is 10.1 Å². The fourth-order valence-corrected chi connectivity index (χ4v) is 2.99. The van der Waals surface area contributed by atoms with Gasteiger partial charge in [-0.3, -0.25) is 4.79 Å². The van der Waals surface area contributed by atoms with Crippen LogP contribution in [-0.2, 0) is 19.1 Å². The molecular weight excluding hydrogens is 377 g/mol. The molecule has 0 radical (unpaired) electrons. The molecule has 27 heavy (non-hydrogen) atoms. The van der Waals surface area contributed by atoms with Gasteiger partial charge in [-0.15, -0.1) is 11.3 Å². The maximum Gasteiger partial charge on any atom is 0.348 e. The summed E-state index contributed by atoms with van der Waals surface area (Å²) in [7, 11) is 0. The number of benzene rings is 1. The first-order valence-electron chi connectivity index (χ1n) is 8.01. The molecule has 0 aliphatic rings. The van der Waals surface area contributed by atoms with E-state index in [4.69, 9.17) is 14.2 Å². The smallest absolute Gasteiger partial charge is 0.348 e. The number of anilines is 1. The van der Waals surface area contributed by atoms with E-state index in [0.29, 0.717) is 15.4 Å². The number of halogens is 1. The summed E-state index contributed by atoms with van der Waals surface area (Å²) in [6, 6.07) is 7.24. The molecule has 2 aromatic rings. The van der Waals surface area contributed by atoms with Gasteiger partial charge < -0.3 is 19.5 Å². The van der Waals surface area contributed by atoms with Crippen molar-refractivity contribution in [2.24, 2.45) is 0 Å². The molecule has 0 bridgehead atoms. The topological polar surface area (TPSA) is 90.9 Å². The molecule has 0 aliphatic carbocycles. The van der Waals surface area contributed by atoms with Crippen LogP contribution in [0.5, 0.6) is 5.75 Å². The summed E-state index contributed by atoms with van der Waals surface area (Å²) in [5, 5.41) is 2.96. The van der Waals surface area contributed by atoms with Crippen molar-refractivity contribution < 1.29 is 33.0 Å². The van der Waals surface area contributed by atoms with Gasteiger partial charge in [0.2, 0.25) is 0 Å². The minimum Gasteiger partial charge on any atom is -0.479 e. The van der Waals surface area contributed by atoms with E-state index in [1.165, 1.54) is 18.2 Å². The molecule has 1 heterocycles. The molecule has 0 unspecified atom stereocenters. The van der Waals surface area contributed by atoms with Crippen LogP contribution in [0.15, 0.2) is 30.3 Å². The molecule has 1 aromatic heterocycles. The van der Waals surface area contributed by atoms with E-state index in [1.807, 2.05) is 0 Å². The van der Waals surface area contributed by atoms with Gasteiger partial charge in [-0.1, -0.05) is 12.1 Å². The van der Waals surface area contributed by atoms with Crippen molar-refractivity contribution in [1.29, 1.82) is 0 Å². The van der Waals surface area contributed by atoms with Crippen molar-refractivity contribution in [2.45, 2.75) is 13.8 Å². The molecule has 2 rings (SSSR count). The summed E-state index contributed by atoms with van der Waals surface area (Å²) in [4.78, 5) is 35.6. The van der Waals surface area contributed by atoms with E-state index in [-0.39, 0.29) is 12.4 Å². The van der Waals surface area contributed by atoms with Gasteiger partial charge >= 0.3 is 11.9 Å². The maximum absolute atomic E-state index is 13.4. The van der Waals surface area contributed by atoms with E-state index in [0.717, 1.165) is 11.3 Å². The van der Waals surface area contributed by atoms with Crippen LogP contribution in [0.3, 0.4) is 0 Å². The lowest BCUT2D eigenvalue weighted by molar-refractivity contribution is -0.149. The number of carbonyl (C=O) groups excluding carboxylic acids is 3. The highest BCUT2D eigenvalue weighted by atomic mass is 32.1. The van der Waals surface area contributed by atoms with Crippen LogP contribution in [-0.4, -0.2) is 37.7 Å². The number of amides is 1. The Kier molecular flexibility index (Phi) is 7.30. The Morgan fingerprint density at radius 1 is 1.15 bits per heavy atom. The van der Waals surface area contributed by atoms with Gasteiger partial charge in [0.25, 0.3) is 5.91 Å². The standard InChI is InChI=1S/C18H18FNO6S/c1-3-24-18(23)17-11(2)8-15(27-17)20-14(21)9-26-16(22)10-25-13-7-5-4-6-12(13)19/h4-8H,3,9-10H2,1-2H3,(H,20,21). The fourth-order valence-electron chi connectivity index (χ4n) is 2.00. The average molecular weight is 395 g/mol. The predicted octanol–water partition coefficient (Wildman–Crippen LogP) is 2.93. The molecule has 1 aromatic carbocycles. The summed E-state index contributed by atoms with van der Waals surface area (Å²) >= 11 is 1.07. The third-order valence-corrected chi connectivity index (χ3v) is 4.32. The van der Waals surface area contributed by atoms with Crippen molar-refractivity contribution in [1.82, 2.24) is 0 Å². The molecule has 1 amide bonds. The summed E-state index contributed by atoms with van der Waals surface area (Å²) in [6.45, 7) is 2.61. The molecule has 144 valence electrons. The van der Waals surface area contributed by atoms with Gasteiger partial charge in [0, 0.05) is 0 Å². The van der Waals surface area contributed by atoms with E-state index in [1.54, 1.807) is 26.0 Å². The third kappa shape index (κ3) is 6.07. The Labute approximate surface area is 159 Å². The second-order valence-electron chi connectivity index (χ2n) is 5.27. The molecule has 0 atom stereocenters. The lowest BCUT2D eigenvalue weighted by Crippen LogP contribution is -2.23. The SMILES string of the molecule is CCOC(=O)c1sc(NC(=O)COC(=O)COc2ccccc2F)cc1C. The number of para-hydroxylation sites is 1. The minimum absolute atomic E-state index is 0.0838. The number of nitrogens with one attached hydrogen (secondary N) is 1. The number of hydrogen-bond donors (Lipinski definition) is 1. The highest BCUT2D eigenvalue weighted by Gasteiger charge is 2.16. The number of esters is 2. The first kappa shape index (κ1) is 20.4. The molecule has 1 N–H and O–H groups in total. The third-order valence-electron chi connectivity index (χ3n) is 3.19. The Morgan fingerprint density at radius 2 is 1.89 bits per heavy atom. The van der Waals surface area contributed by atoms with Crippen LogP contribution in [0.2, 0.25) is 0 Å². The lowest BCUT2D eigenvalue weighted by atomic mass is 10.3. The first-order chi connectivity index (χ1) is 12.9. The van der Waals surface area contributed by atoms with Gasteiger partial charge in [-0.25, -0.2) is 14.0 Å². The van der Waals surface area contributed by atoms with Crippen LogP contribution >= 0.6 is 11.3 Å². The zero-order chi connectivity index (χ0) is 19.8. The first-order valence-corrected chi connectivity index (χ1v) is 8.82. The Morgan fingerprint density at radius 3 is 2.59 bits per heavy atom. The van der Waals surface area contributed by atoms with Crippen LogP contribution in [0, 0.1) is 12.7 Å². The molecule has 0 fully saturated rings. The fraction of sp³-hybridized carbons (Fsp3) is 0.278. The second kappa shape index (κ2) is 9.67. The van der Waals surface area contributed by atoms with Crippen molar-refractivity contribution in [3.05, 3.63) is 46.6 Å². The zero-order valence-corrected chi connectivity index (χ0v) is 15.6. The van der Waals surface area contributed by atoms with E-state index in [2.05, 4.69) is 5.32 Å². The molecule has 9 heteroatoms. The van der Waals surface area contributed by atoms with E-state index < -0.39 is 36.9 Å². The van der Waals surface area contributed by atoms with Crippen molar-refractivity contribution in [3.8, 4) is 5.75 Å². The minimum atomic E-state index is -0.817. The van der Waals surface area contributed by atoms with Gasteiger partial charge in [-0.05, 0) is 37.6 Å². The number of thiophene rings is 1. The summed E-state index contributed by atoms with van der Waals surface area (Å²) in [5.41, 5.74) is 0.670. The summed E-state index contributed by atoms with van der Waals surface area (Å²) < 4.78 is 28.1. The van der Waals surface area contributed by atoms with Crippen molar-refractivity contribution >= 4 is 34.2 Å². The quantitative estimate of drug-likeness (QED) is 0.691. The van der Waals surface area contributed by atoms with Gasteiger partial charge in [0.15, 0.2) is 24.8 Å². The molecule has 0 saturated carbocycles. The van der Waals surface area contributed by atoms with Crippen LogP contribution in [0.1, 0.15) is 22.2 Å². The Bertz CT molecular complexity index is 835. The van der Waals surface area contributed by atoms with Gasteiger partial charge in [-0.2, -0.15) is 0 Å². The maximum atomic E-state index is 13.4. The van der Waals surface area contributed by atoms with Crippen molar-refractivity contribution in [3.63, 3.8) is 0 Å². The number of hydrogen-bond acceptors (Lipinski definition) is 7. The number of rotatable bonds is 8. The predicted molar refractivity (Wildman–Crippen MR) is 96.5 cm³/mol. The van der Waals surface area contributed by atoms with Crippen LogP contribution in [0.4, 0.5) is 9.39 Å². The molecular formula is C18H18FNO6S.